The van der Waals surface area contributed by atoms with E-state index in [4.69, 9.17) is 14.7 Å². The van der Waals surface area contributed by atoms with Crippen molar-refractivity contribution in [2.75, 3.05) is 18.7 Å². The highest BCUT2D eigenvalue weighted by Crippen LogP contribution is 2.45. The first-order valence-corrected chi connectivity index (χ1v) is 31.0. The molecule has 18 heteroatoms. The lowest BCUT2D eigenvalue weighted by atomic mass is 9.85. The number of fused-ring (bicyclic) bond motifs is 10. The van der Waals surface area contributed by atoms with E-state index >= 15 is 0 Å². The van der Waals surface area contributed by atoms with Crippen LogP contribution in [0.3, 0.4) is 0 Å². The molecule has 5 aromatic heterocycles. The average Bonchev–Trinajstić information content (AvgIpc) is 0.959. The van der Waals surface area contributed by atoms with E-state index in [0.29, 0.717) is 22.5 Å². The molecule has 0 radical (unpaired) electrons. The zero-order chi connectivity index (χ0) is 62.9. The zero-order valence-electron chi connectivity index (χ0n) is 51.1. The summed E-state index contributed by atoms with van der Waals surface area (Å²) in [7, 11) is 1.42. The summed E-state index contributed by atoms with van der Waals surface area (Å²) < 4.78 is 6.49. The maximum absolute atomic E-state index is 14.4. The van der Waals surface area contributed by atoms with Gasteiger partial charge in [-0.2, -0.15) is 9.69 Å². The number of hydrogen-bond acceptors (Lipinski definition) is 12. The third kappa shape index (κ3) is 8.76. The van der Waals surface area contributed by atoms with Crippen LogP contribution in [0.4, 0.5) is 0 Å². The van der Waals surface area contributed by atoms with Gasteiger partial charge in [0.25, 0.3) is 45.9 Å². The number of methoxy groups -OCH3 is 1. The predicted octanol–water partition coefficient (Wildman–Crippen LogP) is 11.6. The molecule has 0 unspecified atom stereocenters. The summed E-state index contributed by atoms with van der Waals surface area (Å²) in [6.07, 6.45) is 13.1. The van der Waals surface area contributed by atoms with Crippen molar-refractivity contribution in [2.24, 2.45) is 0 Å². The monoisotopic (exact) mass is 1200 g/mol. The fourth-order valence-corrected chi connectivity index (χ4v) is 14.5. The van der Waals surface area contributed by atoms with Gasteiger partial charge in [0.1, 0.15) is 0 Å². The molecule has 8 bridgehead atoms. The highest BCUT2D eigenvalue weighted by atomic mass is 16.5. The second kappa shape index (κ2) is 21.8. The number of nitrogens with zero attached hydrogens (tertiary/aromatic N) is 6. The molecule has 9 aromatic rings. The number of unbranched alkanes of at least 4 members (excludes halogenated alkanes) is 5. The summed E-state index contributed by atoms with van der Waals surface area (Å²) in [5.41, 5.74) is 12.8. The Kier molecular flexibility index (Phi) is 13.9. The second-order valence-corrected chi connectivity index (χ2v) is 24.5. The molecule has 2 N–H and O–H groups in total. The number of hydrogen-bond donors (Lipinski definition) is 2. The number of aromatic amines is 2. The molecule has 18 nitrogen and oxygen atoms in total. The number of allylic oxidation sites excluding steroid dienone is 2. The molecule has 4 aromatic carbocycles. The minimum Gasteiger partial charge on any atom is -0.469 e. The van der Waals surface area contributed by atoms with E-state index in [0.717, 1.165) is 141 Å². The minimum atomic E-state index is -1.06. The Bertz CT molecular complexity index is 5050. The Hall–Kier alpha value is -10.2. The van der Waals surface area contributed by atoms with Crippen molar-refractivity contribution in [3.05, 3.63) is 199 Å². The van der Waals surface area contributed by atoms with Crippen LogP contribution in [0.2, 0.25) is 0 Å². The van der Waals surface area contributed by atoms with Gasteiger partial charge in [-0.15, -0.1) is 0 Å². The summed E-state index contributed by atoms with van der Waals surface area (Å²) in [4.78, 5) is 146. The molecule has 4 aliphatic heterocycles. The number of imide groups is 2. The number of carbonyl (C=O) groups is 5. The largest absolute Gasteiger partial charge is 0.469 e. The van der Waals surface area contributed by atoms with E-state index in [1.165, 1.54) is 53.0 Å². The van der Waals surface area contributed by atoms with Crippen molar-refractivity contribution in [3.63, 3.8) is 0 Å². The van der Waals surface area contributed by atoms with Gasteiger partial charge in [0, 0.05) is 85.7 Å². The van der Waals surface area contributed by atoms with Gasteiger partial charge in [-0.05, 0) is 159 Å². The van der Waals surface area contributed by atoms with Crippen LogP contribution in [0.15, 0.2) is 98.0 Å². The number of H-pyrrole nitrogens is 2. The van der Waals surface area contributed by atoms with Crippen molar-refractivity contribution in [2.45, 2.75) is 124 Å². The predicted molar refractivity (Wildman–Crippen MR) is 348 cm³/mol. The Balaban J connectivity index is 0.787. The van der Waals surface area contributed by atoms with E-state index in [-0.39, 0.29) is 91.0 Å². The summed E-state index contributed by atoms with van der Waals surface area (Å²) in [6, 6.07) is 21.1. The van der Waals surface area contributed by atoms with Gasteiger partial charge in [0.15, 0.2) is 0 Å². The van der Waals surface area contributed by atoms with E-state index in [2.05, 4.69) is 69.7 Å². The standard InChI is InChI=1S/C72H64N8O10/c1-8-10-11-12-13-14-29-77-65(82)45-22-24-47-62-48(25-23-46(61(45)62)66(77)83)70(87)79(69(47)86)80-71(88)52-30-50-51(31-53(52)72(80)89)68(85)78(67(50)84)40-18-15-39(16-19-40)17-20-42-36(4)54-32-56-38(6)44(27-28-60(81)90-7)64(75-56)49-26-21-43-37(5)57(76-63(43)49)34-58-41(9-2)35(3)55(73-58)33-59(42)74-54/h15-20,22-25,30-34,38,44,74,76H,8-14,21,26-29H2,1-7H3/b20-17+,54-32?,55-33?,56-32?,57-34?,58-34?,59-33?,64-49?/t38-,44-/m0/s1. The molecule has 0 fully saturated rings. The van der Waals surface area contributed by atoms with E-state index in [1.54, 1.807) is 24.3 Å². The van der Waals surface area contributed by atoms with Crippen molar-refractivity contribution in [3.8, 4) is 5.69 Å². The molecule has 1 aliphatic carbocycles. The Labute approximate surface area is 514 Å². The number of amides is 4. The molecule has 14 rings (SSSR count). The Morgan fingerprint density at radius 1 is 0.622 bits per heavy atom. The van der Waals surface area contributed by atoms with Gasteiger partial charge in [-0.25, -0.2) is 9.55 Å². The Morgan fingerprint density at radius 3 is 1.82 bits per heavy atom. The molecule has 2 atom stereocenters. The van der Waals surface area contributed by atoms with Gasteiger partial charge in [-0.1, -0.05) is 77.2 Å². The van der Waals surface area contributed by atoms with Crippen molar-refractivity contribution < 1.29 is 28.7 Å². The molecular formula is C72H64N8O10. The topological polar surface area (TPSA) is 237 Å². The third-order valence-corrected chi connectivity index (χ3v) is 19.5. The lowest BCUT2D eigenvalue weighted by molar-refractivity contribution is -0.140. The molecule has 90 heavy (non-hydrogen) atoms. The van der Waals surface area contributed by atoms with Crippen LogP contribution < -0.4 is 27.2 Å². The van der Waals surface area contributed by atoms with Gasteiger partial charge < -0.3 is 14.7 Å². The van der Waals surface area contributed by atoms with Crippen LogP contribution in [-0.2, 0) is 22.4 Å². The average molecular weight is 1200 g/mol. The maximum Gasteiger partial charge on any atom is 0.305 e. The normalized spacial score (nSPS) is 16.3. The van der Waals surface area contributed by atoms with Crippen LogP contribution in [0.25, 0.3) is 83.4 Å². The van der Waals surface area contributed by atoms with Crippen LogP contribution in [0.1, 0.15) is 195 Å². The van der Waals surface area contributed by atoms with E-state index in [9.17, 15) is 43.2 Å². The summed E-state index contributed by atoms with van der Waals surface area (Å²) >= 11 is 0. The van der Waals surface area contributed by atoms with Crippen LogP contribution in [-0.4, -0.2) is 77.3 Å². The number of esters is 1. The smallest absolute Gasteiger partial charge is 0.305 e. The number of carbonyl (C=O) groups excluding carboxylic acids is 5. The second-order valence-electron chi connectivity index (χ2n) is 24.5. The number of aryl methyl sites for hydroxylation is 4. The quantitative estimate of drug-likeness (QED) is 0.0554. The first-order valence-electron chi connectivity index (χ1n) is 31.0. The zero-order valence-corrected chi connectivity index (χ0v) is 51.1. The maximum atomic E-state index is 14.4. The molecule has 0 saturated carbocycles. The molecule has 9 heterocycles. The van der Waals surface area contributed by atoms with Gasteiger partial charge in [0.05, 0.1) is 56.9 Å². The van der Waals surface area contributed by atoms with Crippen LogP contribution in [0, 0.1) is 13.8 Å². The summed E-state index contributed by atoms with van der Waals surface area (Å²) in [5.74, 6) is -3.42. The minimum absolute atomic E-state index is 0.00210. The fraction of sp³-hybridized carbons (Fsp3) is 0.292. The third-order valence-electron chi connectivity index (χ3n) is 19.5. The number of ether oxygens (including phenoxy) is 1. The number of nitrogens with one attached hydrogen (secondary N) is 2. The SMILES string of the molecule is CCCCCCCCN1C(=O)c2ccc3c4c(ccc(c24)C1=O)C(=O)N(n1c(=O)c2cc4c(=O)n(-c5ccc(/C=C/c6c(C)c7cc8nc(c9c%10[nH]c(cc%11nc(cc6[nH]7)C(C)=C%11CC)c(C)c%10CC9)[C@@H](CCC(=O)OC)[C@@H]8C)cc5)c(=O)c4cc2c1=O)C3=O. The number of benzene rings is 4. The summed E-state index contributed by atoms with van der Waals surface area (Å²) in [6.45, 7) is 13.0. The lowest BCUT2D eigenvalue weighted by Gasteiger charge is -2.31. The molecule has 0 saturated heterocycles. The molecule has 0 spiro atoms. The van der Waals surface area contributed by atoms with Crippen molar-refractivity contribution in [1.29, 1.82) is 0 Å². The Morgan fingerprint density at radius 2 is 1.20 bits per heavy atom. The molecule has 5 aliphatic rings. The number of rotatable bonds is 15. The van der Waals surface area contributed by atoms with Crippen LogP contribution in [0.5, 0.6) is 0 Å². The van der Waals surface area contributed by atoms with Gasteiger partial charge in [-0.3, -0.25) is 53.0 Å². The first-order chi connectivity index (χ1) is 43.4. The van der Waals surface area contributed by atoms with Crippen molar-refractivity contribution in [1.82, 2.24) is 34.1 Å². The molecular weight excluding hydrogens is 1140 g/mol. The fourth-order valence-electron chi connectivity index (χ4n) is 14.5. The van der Waals surface area contributed by atoms with Gasteiger partial charge in [0.2, 0.25) is 0 Å². The summed E-state index contributed by atoms with van der Waals surface area (Å²) in [5, 5.41) is -0.189. The van der Waals surface area contributed by atoms with Crippen molar-refractivity contribution >= 4 is 107 Å². The lowest BCUT2D eigenvalue weighted by Crippen LogP contribution is -2.55. The highest BCUT2D eigenvalue weighted by Gasteiger charge is 2.42. The number of aromatic nitrogens is 6. The van der Waals surface area contributed by atoms with Gasteiger partial charge >= 0.3 is 5.97 Å². The van der Waals surface area contributed by atoms with E-state index < -0.39 is 45.9 Å². The van der Waals surface area contributed by atoms with Crippen LogP contribution >= 0.6 is 0 Å². The molecule has 4 amide bonds. The van der Waals surface area contributed by atoms with E-state index in [1.807, 2.05) is 12.2 Å². The first kappa shape index (κ1) is 57.5. The highest BCUT2D eigenvalue weighted by molar-refractivity contribution is 6.37. The molecule has 452 valence electrons.